The summed E-state index contributed by atoms with van der Waals surface area (Å²) in [5.74, 6) is 0.723. The number of pyridine rings is 2. The molecule has 2 aromatic heterocycles. The summed E-state index contributed by atoms with van der Waals surface area (Å²) in [5.41, 5.74) is 6.52. The summed E-state index contributed by atoms with van der Waals surface area (Å²) in [6.45, 7) is 4.21. The van der Waals surface area contributed by atoms with Crippen LogP contribution in [0.5, 0.6) is 0 Å². The minimum Gasteiger partial charge on any atom is -0.395 e. The highest BCUT2D eigenvalue weighted by atomic mass is 79.9. The summed E-state index contributed by atoms with van der Waals surface area (Å²) >= 11 is 3.31. The summed E-state index contributed by atoms with van der Waals surface area (Å²) in [6, 6.07) is 7.08. The van der Waals surface area contributed by atoms with Crippen LogP contribution in [0.1, 0.15) is 20.3 Å². The number of anilines is 2. The Morgan fingerprint density at radius 2 is 2.08 bits per heavy atom. The Balaban J connectivity index is 0.00000243. The van der Waals surface area contributed by atoms with E-state index in [0.29, 0.717) is 22.3 Å². The fourth-order valence-electron chi connectivity index (χ4n) is 2.84. The second-order valence-electron chi connectivity index (χ2n) is 5.85. The Morgan fingerprint density at radius 3 is 2.80 bits per heavy atom. The standard InChI is InChI=1S/C17H20BrN5O2.3H2/c18-12-10-13(17(19)20-11-12)16(25)14-2-1-3-15(21-14)23-6-4-22(5-7-23)8-9-24;;;/h1-3,10-11,24H,4-9H2,(H2,19,20);3*1H. The predicted octanol–water partition coefficient (Wildman–Crippen LogP) is 1.90. The molecule has 0 unspecified atom stereocenters. The molecule has 1 aliphatic rings. The van der Waals surface area contributed by atoms with Gasteiger partial charge in [0.05, 0.1) is 12.2 Å². The first-order valence-corrected chi connectivity index (χ1v) is 8.88. The summed E-state index contributed by atoms with van der Waals surface area (Å²) < 4.78 is 0.696. The van der Waals surface area contributed by atoms with Gasteiger partial charge in [0, 0.05) is 47.7 Å². The lowest BCUT2D eigenvalue weighted by Crippen LogP contribution is -2.47. The SMILES string of the molecule is Nc1ncc(Br)cc1C(=O)c1cccc(N2CCN(CCO)CC2)n1.[HH].[HH].[HH]. The third-order valence-corrected chi connectivity index (χ3v) is 4.64. The van der Waals surface area contributed by atoms with Crippen LogP contribution in [0, 0.1) is 0 Å². The van der Waals surface area contributed by atoms with E-state index in [9.17, 15) is 4.79 Å². The van der Waals surface area contributed by atoms with Crippen molar-refractivity contribution < 1.29 is 14.2 Å². The maximum absolute atomic E-state index is 12.7. The van der Waals surface area contributed by atoms with Crippen LogP contribution >= 0.6 is 15.9 Å². The van der Waals surface area contributed by atoms with Crippen LogP contribution < -0.4 is 10.6 Å². The van der Waals surface area contributed by atoms with Crippen molar-refractivity contribution in [3.8, 4) is 0 Å². The van der Waals surface area contributed by atoms with Gasteiger partial charge >= 0.3 is 0 Å². The molecule has 7 nitrogen and oxygen atoms in total. The number of hydrogen-bond acceptors (Lipinski definition) is 7. The Kier molecular flexibility index (Phi) is 5.62. The number of nitrogens with zero attached hydrogens (tertiary/aromatic N) is 4. The number of hydrogen-bond donors (Lipinski definition) is 2. The zero-order valence-electron chi connectivity index (χ0n) is 13.7. The van der Waals surface area contributed by atoms with Crippen molar-refractivity contribution in [2.45, 2.75) is 0 Å². The second-order valence-corrected chi connectivity index (χ2v) is 6.76. The smallest absolute Gasteiger partial charge is 0.215 e. The number of aliphatic hydroxyl groups is 1. The lowest BCUT2D eigenvalue weighted by atomic mass is 10.1. The van der Waals surface area contributed by atoms with Gasteiger partial charge in [-0.3, -0.25) is 9.69 Å². The van der Waals surface area contributed by atoms with Crippen LogP contribution in [0.4, 0.5) is 11.6 Å². The Bertz CT molecular complexity index is 776. The molecule has 0 aromatic carbocycles. The average Bonchev–Trinajstić information content (AvgIpc) is 2.64. The number of piperazine rings is 1. The topological polar surface area (TPSA) is 95.6 Å². The van der Waals surface area contributed by atoms with Gasteiger partial charge in [0.25, 0.3) is 0 Å². The number of carbonyl (C=O) groups is 1. The van der Waals surface area contributed by atoms with Gasteiger partial charge < -0.3 is 15.7 Å². The number of nitrogen functional groups attached to an aromatic ring is 1. The monoisotopic (exact) mass is 411 g/mol. The summed E-state index contributed by atoms with van der Waals surface area (Å²) in [5, 5.41) is 9.03. The highest BCUT2D eigenvalue weighted by molar-refractivity contribution is 9.10. The number of rotatable bonds is 5. The van der Waals surface area contributed by atoms with Gasteiger partial charge in [-0.25, -0.2) is 9.97 Å². The van der Waals surface area contributed by atoms with Crippen LogP contribution in [0.3, 0.4) is 0 Å². The van der Waals surface area contributed by atoms with Crippen LogP contribution in [0.25, 0.3) is 0 Å². The molecule has 3 N–H and O–H groups in total. The Hall–Kier alpha value is -2.03. The molecule has 1 fully saturated rings. The molecule has 1 aliphatic heterocycles. The van der Waals surface area contributed by atoms with Crippen LogP contribution in [0.15, 0.2) is 34.9 Å². The number of carbonyl (C=O) groups excluding carboxylic acids is 1. The molecular weight excluding hydrogens is 386 g/mol. The van der Waals surface area contributed by atoms with Gasteiger partial charge in [0.1, 0.15) is 17.3 Å². The van der Waals surface area contributed by atoms with E-state index in [1.807, 2.05) is 12.1 Å². The number of nitrogens with two attached hydrogens (primary N) is 1. The number of halogens is 1. The van der Waals surface area contributed by atoms with Crippen LogP contribution in [0.2, 0.25) is 0 Å². The number of aliphatic hydroxyl groups excluding tert-OH is 1. The molecule has 0 spiro atoms. The number of ketones is 1. The highest BCUT2D eigenvalue weighted by Gasteiger charge is 2.20. The van der Waals surface area contributed by atoms with Crippen molar-refractivity contribution in [3.05, 3.63) is 46.2 Å². The van der Waals surface area contributed by atoms with E-state index in [0.717, 1.165) is 32.0 Å². The maximum atomic E-state index is 12.7. The molecule has 0 amide bonds. The highest BCUT2D eigenvalue weighted by Crippen LogP contribution is 2.20. The summed E-state index contributed by atoms with van der Waals surface area (Å²) in [4.78, 5) is 25.6. The Labute approximate surface area is 159 Å². The van der Waals surface area contributed by atoms with Crippen LogP contribution in [-0.4, -0.2) is 65.1 Å². The van der Waals surface area contributed by atoms with Crippen molar-refractivity contribution in [1.82, 2.24) is 14.9 Å². The zero-order chi connectivity index (χ0) is 17.8. The molecule has 2 aromatic rings. The van der Waals surface area contributed by atoms with Gasteiger partial charge in [-0.1, -0.05) is 6.07 Å². The third kappa shape index (κ3) is 4.15. The Morgan fingerprint density at radius 1 is 1.32 bits per heavy atom. The quantitative estimate of drug-likeness (QED) is 0.725. The first kappa shape index (κ1) is 17.8. The van der Waals surface area contributed by atoms with E-state index in [2.05, 4.69) is 35.7 Å². The van der Waals surface area contributed by atoms with E-state index in [1.165, 1.54) is 0 Å². The fraction of sp³-hybridized carbons (Fsp3) is 0.353. The van der Waals surface area contributed by atoms with Gasteiger partial charge in [-0.15, -0.1) is 0 Å². The first-order chi connectivity index (χ1) is 12.1. The minimum absolute atomic E-state index is 0. The van der Waals surface area contributed by atoms with Gasteiger partial charge in [0.15, 0.2) is 0 Å². The fourth-order valence-corrected chi connectivity index (χ4v) is 3.17. The number of aromatic nitrogens is 2. The largest absolute Gasteiger partial charge is 0.395 e. The zero-order valence-corrected chi connectivity index (χ0v) is 15.3. The first-order valence-electron chi connectivity index (χ1n) is 8.09. The van der Waals surface area contributed by atoms with Crippen molar-refractivity contribution in [2.24, 2.45) is 0 Å². The van der Waals surface area contributed by atoms with Gasteiger partial charge in [0.2, 0.25) is 5.78 Å². The summed E-state index contributed by atoms with van der Waals surface area (Å²) in [6.07, 6.45) is 1.56. The normalized spacial score (nSPS) is 15.4. The predicted molar refractivity (Wildman–Crippen MR) is 106 cm³/mol. The minimum atomic E-state index is -0.243. The lowest BCUT2D eigenvalue weighted by molar-refractivity contribution is 0.103. The molecule has 3 heterocycles. The lowest BCUT2D eigenvalue weighted by Gasteiger charge is -2.35. The van der Waals surface area contributed by atoms with Crippen molar-refractivity contribution in [2.75, 3.05) is 50.0 Å². The molecule has 0 saturated carbocycles. The van der Waals surface area contributed by atoms with Crippen LogP contribution in [-0.2, 0) is 0 Å². The third-order valence-electron chi connectivity index (χ3n) is 4.21. The molecule has 3 rings (SSSR count). The van der Waals surface area contributed by atoms with Gasteiger partial charge in [-0.05, 0) is 34.1 Å². The number of β-amino-alcohol motifs (C(OH)–C–C–N with tert-alkyl or cyclic N) is 1. The van der Waals surface area contributed by atoms with Crippen molar-refractivity contribution in [1.29, 1.82) is 0 Å². The van der Waals surface area contributed by atoms with E-state index in [4.69, 9.17) is 10.8 Å². The molecule has 0 radical (unpaired) electrons. The van der Waals surface area contributed by atoms with E-state index in [-0.39, 0.29) is 22.5 Å². The average molecular weight is 412 g/mol. The molecule has 0 aliphatic carbocycles. The van der Waals surface area contributed by atoms with E-state index < -0.39 is 0 Å². The molecule has 138 valence electrons. The van der Waals surface area contributed by atoms with E-state index in [1.54, 1.807) is 18.3 Å². The molecule has 1 saturated heterocycles. The molecule has 0 atom stereocenters. The van der Waals surface area contributed by atoms with Gasteiger partial charge in [-0.2, -0.15) is 0 Å². The molecule has 25 heavy (non-hydrogen) atoms. The van der Waals surface area contributed by atoms with E-state index >= 15 is 0 Å². The maximum Gasteiger partial charge on any atom is 0.215 e. The van der Waals surface area contributed by atoms with Crippen molar-refractivity contribution >= 4 is 33.3 Å². The molecule has 0 bridgehead atoms. The molecular formula is C17H26BrN5O2. The van der Waals surface area contributed by atoms with Crippen molar-refractivity contribution in [3.63, 3.8) is 0 Å². The summed E-state index contributed by atoms with van der Waals surface area (Å²) in [7, 11) is 0. The molecule has 8 heteroatoms. The second kappa shape index (κ2) is 7.90.